The number of carbonyl (C=O) groups excluding carboxylic acids is 1. The maximum Gasteiger partial charge on any atom is 0.287 e. The minimum Gasteiger partial charge on any atom is -0.451 e. The van der Waals surface area contributed by atoms with Crippen LogP contribution in [0, 0.1) is 0 Å². The topological polar surface area (TPSA) is 62.6 Å². The Morgan fingerprint density at radius 3 is 3.00 bits per heavy atom. The predicted molar refractivity (Wildman–Crippen MR) is 99.3 cm³/mol. The van der Waals surface area contributed by atoms with Gasteiger partial charge in [0.1, 0.15) is 5.58 Å². The van der Waals surface area contributed by atoms with Crippen molar-refractivity contribution in [3.63, 3.8) is 0 Å². The van der Waals surface area contributed by atoms with Gasteiger partial charge in [0.05, 0.1) is 5.39 Å². The molecule has 1 amide bonds. The summed E-state index contributed by atoms with van der Waals surface area (Å²) in [5.74, 6) is -0.327. The van der Waals surface area contributed by atoms with E-state index in [0.29, 0.717) is 28.6 Å². The van der Waals surface area contributed by atoms with Gasteiger partial charge in [0.2, 0.25) is 0 Å². The molecule has 1 N–H and O–H groups in total. The number of benzene rings is 1. The lowest BCUT2D eigenvalue weighted by Gasteiger charge is -2.33. The molecule has 0 bridgehead atoms. The van der Waals surface area contributed by atoms with Crippen molar-refractivity contribution in [3.8, 4) is 0 Å². The lowest BCUT2D eigenvalue weighted by molar-refractivity contribution is 0.0922. The highest BCUT2D eigenvalue weighted by molar-refractivity contribution is 6.31. The zero-order chi connectivity index (χ0) is 17.8. The number of piperidine rings is 1. The molecule has 5 nitrogen and oxygen atoms in total. The first-order valence-electron chi connectivity index (χ1n) is 8.80. The Balaban J connectivity index is 1.57. The van der Waals surface area contributed by atoms with Crippen molar-refractivity contribution >= 4 is 28.5 Å². The van der Waals surface area contributed by atoms with Crippen LogP contribution >= 0.6 is 11.6 Å². The summed E-state index contributed by atoms with van der Waals surface area (Å²) in [6.45, 7) is 4.93. The number of fused-ring (bicyclic) bond motifs is 1. The van der Waals surface area contributed by atoms with Gasteiger partial charge in [-0.3, -0.25) is 9.59 Å². The number of amides is 1. The fraction of sp³-hybridized carbons (Fsp3) is 0.474. The normalized spacial score (nSPS) is 18.4. The van der Waals surface area contributed by atoms with Crippen molar-refractivity contribution in [1.29, 1.82) is 0 Å². The van der Waals surface area contributed by atoms with Gasteiger partial charge < -0.3 is 14.6 Å². The second-order valence-corrected chi connectivity index (χ2v) is 7.04. The highest BCUT2D eigenvalue weighted by atomic mass is 35.5. The molecule has 0 spiro atoms. The zero-order valence-corrected chi connectivity index (χ0v) is 15.1. The molecule has 2 heterocycles. The molecule has 1 aliphatic heterocycles. The number of hydrogen-bond acceptors (Lipinski definition) is 4. The SMILES string of the molecule is C[C@H]1CCCCN1CCCNC(=O)c1cc(=O)c2cc(Cl)ccc2o1. The monoisotopic (exact) mass is 362 g/mol. The molecule has 25 heavy (non-hydrogen) atoms. The van der Waals surface area contributed by atoms with E-state index in [4.69, 9.17) is 16.0 Å². The number of likely N-dealkylation sites (tertiary alicyclic amines) is 1. The van der Waals surface area contributed by atoms with Crippen molar-refractivity contribution in [2.75, 3.05) is 19.6 Å². The van der Waals surface area contributed by atoms with Crippen LogP contribution in [0.4, 0.5) is 0 Å². The summed E-state index contributed by atoms with van der Waals surface area (Å²) in [6.07, 6.45) is 4.69. The molecule has 1 aromatic carbocycles. The number of hydrogen-bond donors (Lipinski definition) is 1. The molecule has 1 saturated heterocycles. The smallest absolute Gasteiger partial charge is 0.287 e. The Morgan fingerprint density at radius 1 is 1.36 bits per heavy atom. The second kappa shape index (κ2) is 8.02. The van der Waals surface area contributed by atoms with E-state index >= 15 is 0 Å². The quantitative estimate of drug-likeness (QED) is 0.827. The standard InChI is InChI=1S/C19H23ClN2O3/c1-13-5-2-3-9-22(13)10-4-8-21-19(24)18-12-16(23)15-11-14(20)6-7-17(15)25-18/h6-7,11-13H,2-5,8-10H2,1H3,(H,21,24)/t13-/m0/s1. The Bertz CT molecular complexity index is 818. The number of nitrogens with one attached hydrogen (secondary N) is 1. The van der Waals surface area contributed by atoms with E-state index in [9.17, 15) is 9.59 Å². The van der Waals surface area contributed by atoms with Crippen LogP contribution in [0.2, 0.25) is 5.02 Å². The summed E-state index contributed by atoms with van der Waals surface area (Å²) in [5.41, 5.74) is 0.0974. The van der Waals surface area contributed by atoms with Crippen molar-refractivity contribution in [2.45, 2.75) is 38.6 Å². The van der Waals surface area contributed by atoms with Crippen LogP contribution in [-0.4, -0.2) is 36.5 Å². The van der Waals surface area contributed by atoms with Crippen LogP contribution in [0.25, 0.3) is 11.0 Å². The van der Waals surface area contributed by atoms with Crippen LogP contribution < -0.4 is 10.7 Å². The molecule has 1 fully saturated rings. The third kappa shape index (κ3) is 4.41. The van der Waals surface area contributed by atoms with Crippen LogP contribution in [0.5, 0.6) is 0 Å². The molecule has 2 aromatic rings. The van der Waals surface area contributed by atoms with E-state index in [1.807, 2.05) is 0 Å². The molecule has 1 aliphatic rings. The van der Waals surface area contributed by atoms with E-state index in [2.05, 4.69) is 17.1 Å². The van der Waals surface area contributed by atoms with Gasteiger partial charge in [0.15, 0.2) is 11.2 Å². The average Bonchev–Trinajstić information content (AvgIpc) is 2.60. The molecule has 134 valence electrons. The third-order valence-electron chi connectivity index (χ3n) is 4.76. The van der Waals surface area contributed by atoms with E-state index in [1.54, 1.807) is 18.2 Å². The first kappa shape index (κ1) is 18.0. The predicted octanol–water partition coefficient (Wildman–Crippen LogP) is 3.44. The van der Waals surface area contributed by atoms with E-state index < -0.39 is 0 Å². The molecule has 6 heteroatoms. The summed E-state index contributed by atoms with van der Waals surface area (Å²) >= 11 is 5.89. The number of rotatable bonds is 5. The first-order chi connectivity index (χ1) is 12.0. The van der Waals surface area contributed by atoms with Gasteiger partial charge in [-0.1, -0.05) is 18.0 Å². The van der Waals surface area contributed by atoms with Crippen LogP contribution in [-0.2, 0) is 0 Å². The van der Waals surface area contributed by atoms with Crippen LogP contribution in [0.15, 0.2) is 33.5 Å². The summed E-state index contributed by atoms with van der Waals surface area (Å²) in [5, 5.41) is 3.67. The molecule has 3 rings (SSSR count). The second-order valence-electron chi connectivity index (χ2n) is 6.61. The number of halogens is 1. The lowest BCUT2D eigenvalue weighted by atomic mass is 10.0. The zero-order valence-electron chi connectivity index (χ0n) is 14.4. The largest absolute Gasteiger partial charge is 0.451 e. The van der Waals surface area contributed by atoms with Crippen molar-refractivity contribution < 1.29 is 9.21 Å². The fourth-order valence-electron chi connectivity index (χ4n) is 3.30. The number of nitrogens with zero attached hydrogens (tertiary/aromatic N) is 1. The van der Waals surface area contributed by atoms with Gasteiger partial charge in [0, 0.05) is 30.2 Å². The molecule has 0 radical (unpaired) electrons. The van der Waals surface area contributed by atoms with E-state index in [-0.39, 0.29) is 17.1 Å². The fourth-order valence-corrected chi connectivity index (χ4v) is 3.47. The Labute approximate surface area is 151 Å². The summed E-state index contributed by atoms with van der Waals surface area (Å²) in [7, 11) is 0. The van der Waals surface area contributed by atoms with Gasteiger partial charge in [-0.15, -0.1) is 0 Å². The molecule has 1 aromatic heterocycles. The van der Waals surface area contributed by atoms with Crippen molar-refractivity contribution in [2.24, 2.45) is 0 Å². The molecule has 0 saturated carbocycles. The van der Waals surface area contributed by atoms with Gasteiger partial charge in [0.25, 0.3) is 5.91 Å². The summed E-state index contributed by atoms with van der Waals surface area (Å²) in [4.78, 5) is 26.8. The highest BCUT2D eigenvalue weighted by Crippen LogP contribution is 2.18. The van der Waals surface area contributed by atoms with Crippen molar-refractivity contribution in [3.05, 3.63) is 45.3 Å². The summed E-state index contributed by atoms with van der Waals surface area (Å²) in [6, 6.07) is 6.63. The molecule has 1 atom stereocenters. The maximum absolute atomic E-state index is 12.2. The average molecular weight is 363 g/mol. The van der Waals surface area contributed by atoms with Crippen molar-refractivity contribution in [1.82, 2.24) is 10.2 Å². The summed E-state index contributed by atoms with van der Waals surface area (Å²) < 4.78 is 5.54. The maximum atomic E-state index is 12.2. The van der Waals surface area contributed by atoms with Gasteiger partial charge in [-0.05, 0) is 50.9 Å². The van der Waals surface area contributed by atoms with Gasteiger partial charge >= 0.3 is 0 Å². The lowest BCUT2D eigenvalue weighted by Crippen LogP contribution is -2.39. The van der Waals surface area contributed by atoms with Gasteiger partial charge in [-0.2, -0.15) is 0 Å². The minimum atomic E-state index is -0.361. The first-order valence-corrected chi connectivity index (χ1v) is 9.18. The van der Waals surface area contributed by atoms with E-state index in [1.165, 1.54) is 25.3 Å². The molecule has 0 unspecified atom stereocenters. The third-order valence-corrected chi connectivity index (χ3v) is 5.00. The molecule has 0 aliphatic carbocycles. The van der Waals surface area contributed by atoms with Crippen LogP contribution in [0.3, 0.4) is 0 Å². The van der Waals surface area contributed by atoms with E-state index in [0.717, 1.165) is 19.5 Å². The number of carbonyl (C=O) groups is 1. The highest BCUT2D eigenvalue weighted by Gasteiger charge is 2.17. The minimum absolute atomic E-state index is 0.0335. The Kier molecular flexibility index (Phi) is 5.76. The van der Waals surface area contributed by atoms with Gasteiger partial charge in [-0.25, -0.2) is 0 Å². The molecular formula is C19H23ClN2O3. The Morgan fingerprint density at radius 2 is 2.20 bits per heavy atom. The van der Waals surface area contributed by atoms with Crippen LogP contribution in [0.1, 0.15) is 43.2 Å². The Hall–Kier alpha value is -1.85. The molecular weight excluding hydrogens is 340 g/mol.